The molecule has 0 aliphatic carbocycles. The molecule has 4 atom stereocenters. The standard InChI is InChI=1S/C29H23F3N2O4/c1-27-11-12-28(38-27,13-14-37-19-6-4-5-18(15-19)29(30,31)32)24-23(27)25(35)34(26(24)36)22-10-9-17(16-33)20-7-2-3-8-21(20)22/h2-10,15,23-24H,11-14H2,1H3/t23-,24+,27-,28-/m1/s1. The number of carbonyl (C=O) groups is 2. The minimum absolute atomic E-state index is 0.0296. The van der Waals surface area contributed by atoms with Crippen molar-refractivity contribution in [3.63, 3.8) is 0 Å². The fraction of sp³-hybridized carbons (Fsp3) is 0.345. The Labute approximate surface area is 216 Å². The van der Waals surface area contributed by atoms with Crippen LogP contribution in [-0.2, 0) is 20.5 Å². The second-order valence-electron chi connectivity index (χ2n) is 10.4. The van der Waals surface area contributed by atoms with Gasteiger partial charge in [-0.15, -0.1) is 0 Å². The van der Waals surface area contributed by atoms with Gasteiger partial charge in [0.2, 0.25) is 11.8 Å². The topological polar surface area (TPSA) is 79.6 Å². The number of fused-ring (bicyclic) bond motifs is 6. The number of ether oxygens (including phenoxy) is 2. The molecular weight excluding hydrogens is 497 g/mol. The van der Waals surface area contributed by atoms with E-state index in [1.54, 1.807) is 36.4 Å². The molecule has 3 fully saturated rings. The molecular formula is C29H23F3N2O4. The molecule has 6 rings (SSSR count). The number of benzene rings is 3. The van der Waals surface area contributed by atoms with Gasteiger partial charge in [-0.1, -0.05) is 30.3 Å². The summed E-state index contributed by atoms with van der Waals surface area (Å²) in [6.45, 7) is 1.88. The van der Waals surface area contributed by atoms with Crippen LogP contribution in [0.1, 0.15) is 37.3 Å². The lowest BCUT2D eigenvalue weighted by Crippen LogP contribution is -2.43. The number of nitriles is 1. The summed E-state index contributed by atoms with van der Waals surface area (Å²) in [4.78, 5) is 28.9. The molecule has 0 unspecified atom stereocenters. The third-order valence-corrected chi connectivity index (χ3v) is 8.23. The Morgan fingerprint density at radius 2 is 1.76 bits per heavy atom. The third kappa shape index (κ3) is 3.51. The van der Waals surface area contributed by atoms with E-state index in [4.69, 9.17) is 9.47 Å². The van der Waals surface area contributed by atoms with Crippen LogP contribution in [0.3, 0.4) is 0 Å². The summed E-state index contributed by atoms with van der Waals surface area (Å²) in [5.41, 5.74) is -1.71. The van der Waals surface area contributed by atoms with E-state index in [0.717, 1.165) is 12.1 Å². The Hall–Kier alpha value is -3.90. The Kier molecular flexibility index (Phi) is 5.34. The van der Waals surface area contributed by atoms with Gasteiger partial charge in [-0.3, -0.25) is 9.59 Å². The number of imide groups is 1. The first kappa shape index (κ1) is 24.4. The average molecular weight is 521 g/mol. The minimum atomic E-state index is -4.48. The van der Waals surface area contributed by atoms with E-state index in [-0.39, 0.29) is 30.6 Å². The van der Waals surface area contributed by atoms with Crippen molar-refractivity contribution in [3.8, 4) is 11.8 Å². The number of halogens is 3. The van der Waals surface area contributed by atoms with Crippen molar-refractivity contribution in [2.45, 2.75) is 43.6 Å². The molecule has 194 valence electrons. The molecule has 3 aliphatic rings. The molecule has 0 spiro atoms. The molecule has 38 heavy (non-hydrogen) atoms. The van der Waals surface area contributed by atoms with E-state index in [1.165, 1.54) is 17.0 Å². The first-order valence-electron chi connectivity index (χ1n) is 12.4. The van der Waals surface area contributed by atoms with Gasteiger partial charge in [0.05, 0.1) is 52.5 Å². The molecule has 6 nitrogen and oxygen atoms in total. The normalized spacial score (nSPS) is 28.1. The lowest BCUT2D eigenvalue weighted by molar-refractivity contribution is -0.138. The fourth-order valence-corrected chi connectivity index (χ4v) is 6.53. The van der Waals surface area contributed by atoms with Crippen molar-refractivity contribution in [3.05, 3.63) is 71.8 Å². The van der Waals surface area contributed by atoms with E-state index in [0.29, 0.717) is 34.9 Å². The van der Waals surface area contributed by atoms with E-state index in [9.17, 15) is 28.0 Å². The van der Waals surface area contributed by atoms with Crippen LogP contribution in [-0.4, -0.2) is 29.6 Å². The predicted octanol–water partition coefficient (Wildman–Crippen LogP) is 5.63. The first-order chi connectivity index (χ1) is 18.1. The fourth-order valence-electron chi connectivity index (χ4n) is 6.53. The zero-order valence-electron chi connectivity index (χ0n) is 20.4. The third-order valence-electron chi connectivity index (χ3n) is 8.23. The molecule has 3 aliphatic heterocycles. The predicted molar refractivity (Wildman–Crippen MR) is 131 cm³/mol. The highest BCUT2D eigenvalue weighted by Crippen LogP contribution is 2.62. The van der Waals surface area contributed by atoms with Gasteiger partial charge >= 0.3 is 6.18 Å². The highest BCUT2D eigenvalue weighted by molar-refractivity contribution is 6.26. The van der Waals surface area contributed by atoms with Gasteiger partial charge in [0.25, 0.3) is 0 Å². The average Bonchev–Trinajstić information content (AvgIpc) is 3.47. The summed E-state index contributed by atoms with van der Waals surface area (Å²) >= 11 is 0. The number of amides is 2. The number of carbonyl (C=O) groups excluding carboxylic acids is 2. The summed E-state index contributed by atoms with van der Waals surface area (Å²) < 4.78 is 51.3. The van der Waals surface area contributed by atoms with Gasteiger partial charge < -0.3 is 9.47 Å². The number of hydrogen-bond donors (Lipinski definition) is 0. The second-order valence-corrected chi connectivity index (χ2v) is 10.4. The molecule has 0 aromatic heterocycles. The van der Waals surface area contributed by atoms with E-state index in [1.807, 2.05) is 6.92 Å². The van der Waals surface area contributed by atoms with Crippen molar-refractivity contribution >= 4 is 28.3 Å². The van der Waals surface area contributed by atoms with Crippen LogP contribution in [0, 0.1) is 23.2 Å². The smallest absolute Gasteiger partial charge is 0.416 e. The maximum Gasteiger partial charge on any atom is 0.416 e. The minimum Gasteiger partial charge on any atom is -0.493 e. The molecule has 3 aromatic carbocycles. The Morgan fingerprint density at radius 1 is 1.03 bits per heavy atom. The van der Waals surface area contributed by atoms with Gasteiger partial charge in [-0.25, -0.2) is 4.90 Å². The largest absolute Gasteiger partial charge is 0.493 e. The Bertz CT molecular complexity index is 1530. The molecule has 9 heteroatoms. The van der Waals surface area contributed by atoms with Crippen molar-refractivity contribution < 1.29 is 32.2 Å². The first-order valence-corrected chi connectivity index (χ1v) is 12.4. The molecule has 2 amide bonds. The number of nitrogens with zero attached hydrogens (tertiary/aromatic N) is 2. The van der Waals surface area contributed by atoms with Crippen LogP contribution in [0.2, 0.25) is 0 Å². The molecule has 2 bridgehead atoms. The van der Waals surface area contributed by atoms with Crippen LogP contribution < -0.4 is 9.64 Å². The maximum atomic E-state index is 13.9. The second kappa shape index (κ2) is 8.30. The molecule has 0 saturated carbocycles. The van der Waals surface area contributed by atoms with Gasteiger partial charge in [0, 0.05) is 17.2 Å². The van der Waals surface area contributed by atoms with Gasteiger partial charge in [0.15, 0.2) is 0 Å². The zero-order chi connectivity index (χ0) is 26.9. The summed E-state index contributed by atoms with van der Waals surface area (Å²) in [6, 6.07) is 17.2. The van der Waals surface area contributed by atoms with Crippen molar-refractivity contribution in [2.75, 3.05) is 11.5 Å². The van der Waals surface area contributed by atoms with E-state index >= 15 is 0 Å². The zero-order valence-corrected chi connectivity index (χ0v) is 20.4. The van der Waals surface area contributed by atoms with Crippen molar-refractivity contribution in [1.29, 1.82) is 5.26 Å². The SMILES string of the molecule is C[C@]12CC[C@](CCOc3cccc(C(F)(F)F)c3)(O1)[C@@H]1C(=O)N(c3ccc(C#N)c4ccccc34)C(=O)[C@@H]12. The molecule has 3 heterocycles. The van der Waals surface area contributed by atoms with Gasteiger partial charge in [0.1, 0.15) is 5.75 Å². The Balaban J connectivity index is 1.30. The van der Waals surface area contributed by atoms with Crippen LogP contribution in [0.15, 0.2) is 60.7 Å². The molecule has 3 aromatic rings. The Morgan fingerprint density at radius 3 is 2.50 bits per heavy atom. The van der Waals surface area contributed by atoms with Crippen molar-refractivity contribution in [2.24, 2.45) is 11.8 Å². The number of alkyl halides is 3. The van der Waals surface area contributed by atoms with Gasteiger partial charge in [-0.05, 0) is 50.1 Å². The molecule has 0 N–H and O–H groups in total. The molecule has 0 radical (unpaired) electrons. The van der Waals surface area contributed by atoms with Crippen molar-refractivity contribution in [1.82, 2.24) is 0 Å². The van der Waals surface area contributed by atoms with Crippen LogP contribution in [0.25, 0.3) is 10.8 Å². The highest BCUT2D eigenvalue weighted by Gasteiger charge is 2.73. The van der Waals surface area contributed by atoms with Gasteiger partial charge in [-0.2, -0.15) is 18.4 Å². The van der Waals surface area contributed by atoms with E-state index < -0.39 is 34.8 Å². The lowest BCUT2D eigenvalue weighted by Gasteiger charge is -2.31. The summed E-state index contributed by atoms with van der Waals surface area (Å²) in [5.74, 6) is -2.03. The van der Waals surface area contributed by atoms with Crippen LogP contribution in [0.4, 0.5) is 18.9 Å². The lowest BCUT2D eigenvalue weighted by atomic mass is 9.67. The number of rotatable bonds is 5. The summed E-state index contributed by atoms with van der Waals surface area (Å²) in [5, 5.41) is 10.8. The van der Waals surface area contributed by atoms with Crippen LogP contribution in [0.5, 0.6) is 5.75 Å². The quantitative estimate of drug-likeness (QED) is 0.408. The summed E-state index contributed by atoms with van der Waals surface area (Å²) in [7, 11) is 0. The monoisotopic (exact) mass is 520 g/mol. The van der Waals surface area contributed by atoms with E-state index in [2.05, 4.69) is 6.07 Å². The number of anilines is 1. The number of hydrogen-bond acceptors (Lipinski definition) is 5. The molecule has 3 saturated heterocycles. The highest BCUT2D eigenvalue weighted by atomic mass is 19.4. The summed E-state index contributed by atoms with van der Waals surface area (Å²) in [6.07, 6.45) is -3.11. The van der Waals surface area contributed by atoms with Crippen LogP contribution >= 0.6 is 0 Å². The maximum absolute atomic E-state index is 13.9.